The Balaban J connectivity index is 2.95. The Kier molecular flexibility index (Phi) is 4.42. The first-order chi connectivity index (χ1) is 8.24. The van der Waals surface area contributed by atoms with E-state index in [-0.39, 0.29) is 10.6 Å². The van der Waals surface area contributed by atoms with Crippen molar-refractivity contribution >= 4 is 17.6 Å². The molecule has 0 amide bonds. The SMILES string of the molecule is COC(=O)[C@H](N)c1ccc(OC(F)(F)F)c(Cl)c1. The van der Waals surface area contributed by atoms with E-state index in [0.29, 0.717) is 0 Å². The van der Waals surface area contributed by atoms with E-state index >= 15 is 0 Å². The maximum atomic E-state index is 12.0. The van der Waals surface area contributed by atoms with Crippen LogP contribution in [0.3, 0.4) is 0 Å². The van der Waals surface area contributed by atoms with Gasteiger partial charge in [0.25, 0.3) is 0 Å². The van der Waals surface area contributed by atoms with Crippen LogP contribution in [0.1, 0.15) is 11.6 Å². The minimum absolute atomic E-state index is 0.223. The summed E-state index contributed by atoms with van der Waals surface area (Å²) in [5, 5.41) is -0.302. The minimum atomic E-state index is -4.84. The number of alkyl halides is 3. The fraction of sp³-hybridized carbons (Fsp3) is 0.300. The van der Waals surface area contributed by atoms with E-state index in [9.17, 15) is 18.0 Å². The van der Waals surface area contributed by atoms with Crippen molar-refractivity contribution < 1.29 is 27.4 Å². The van der Waals surface area contributed by atoms with Crippen LogP contribution in [0.15, 0.2) is 18.2 Å². The molecule has 0 saturated carbocycles. The zero-order valence-electron chi connectivity index (χ0n) is 9.12. The lowest BCUT2D eigenvalue weighted by Gasteiger charge is -2.13. The molecule has 1 aromatic rings. The van der Waals surface area contributed by atoms with Crippen LogP contribution < -0.4 is 10.5 Å². The topological polar surface area (TPSA) is 61.5 Å². The Morgan fingerprint density at radius 3 is 2.50 bits per heavy atom. The Morgan fingerprint density at radius 2 is 2.06 bits per heavy atom. The summed E-state index contributed by atoms with van der Waals surface area (Å²) >= 11 is 5.59. The van der Waals surface area contributed by atoms with Crippen LogP contribution in [0.25, 0.3) is 0 Å². The van der Waals surface area contributed by atoms with Gasteiger partial charge in [-0.15, -0.1) is 13.2 Å². The van der Waals surface area contributed by atoms with E-state index in [0.717, 1.165) is 19.2 Å². The Morgan fingerprint density at radius 1 is 1.44 bits per heavy atom. The monoisotopic (exact) mass is 283 g/mol. The van der Waals surface area contributed by atoms with E-state index in [1.807, 2.05) is 0 Å². The third-order valence-electron chi connectivity index (χ3n) is 2.00. The number of methoxy groups -OCH3 is 1. The number of nitrogens with two attached hydrogens (primary N) is 1. The van der Waals surface area contributed by atoms with Gasteiger partial charge in [-0.05, 0) is 17.7 Å². The van der Waals surface area contributed by atoms with Crippen molar-refractivity contribution in [3.8, 4) is 5.75 Å². The number of ether oxygens (including phenoxy) is 2. The molecule has 8 heteroatoms. The molecular formula is C10H9ClF3NO3. The molecule has 0 unspecified atom stereocenters. The average molecular weight is 284 g/mol. The van der Waals surface area contributed by atoms with Crippen molar-refractivity contribution in [2.75, 3.05) is 7.11 Å². The van der Waals surface area contributed by atoms with Gasteiger partial charge in [0.15, 0.2) is 0 Å². The van der Waals surface area contributed by atoms with E-state index in [2.05, 4.69) is 9.47 Å². The number of hydrogen-bond donors (Lipinski definition) is 1. The second kappa shape index (κ2) is 5.45. The molecule has 0 spiro atoms. The molecular weight excluding hydrogens is 275 g/mol. The number of hydrogen-bond acceptors (Lipinski definition) is 4. The molecule has 1 aromatic carbocycles. The zero-order valence-corrected chi connectivity index (χ0v) is 9.88. The van der Waals surface area contributed by atoms with Gasteiger partial charge in [0.05, 0.1) is 12.1 Å². The molecule has 1 atom stereocenters. The van der Waals surface area contributed by atoms with Crippen LogP contribution in [-0.4, -0.2) is 19.4 Å². The molecule has 0 radical (unpaired) electrons. The summed E-state index contributed by atoms with van der Waals surface area (Å²) in [6.07, 6.45) is -4.84. The van der Waals surface area contributed by atoms with Crippen LogP contribution in [0.4, 0.5) is 13.2 Å². The van der Waals surface area contributed by atoms with Crippen LogP contribution in [-0.2, 0) is 9.53 Å². The van der Waals surface area contributed by atoms with Gasteiger partial charge < -0.3 is 15.2 Å². The van der Waals surface area contributed by atoms with Crippen molar-refractivity contribution in [1.29, 1.82) is 0 Å². The number of halogens is 4. The number of carbonyl (C=O) groups excluding carboxylic acids is 1. The zero-order chi connectivity index (χ0) is 13.9. The summed E-state index contributed by atoms with van der Waals surface area (Å²) in [5.41, 5.74) is 5.72. The quantitative estimate of drug-likeness (QED) is 0.865. The molecule has 0 aliphatic heterocycles. The molecule has 0 aromatic heterocycles. The van der Waals surface area contributed by atoms with Gasteiger partial charge in [0, 0.05) is 0 Å². The van der Waals surface area contributed by atoms with Gasteiger partial charge in [-0.2, -0.15) is 0 Å². The van der Waals surface area contributed by atoms with Crippen LogP contribution in [0.5, 0.6) is 5.75 Å². The highest BCUT2D eigenvalue weighted by atomic mass is 35.5. The molecule has 100 valence electrons. The number of benzene rings is 1. The predicted molar refractivity (Wildman–Crippen MR) is 57.1 cm³/mol. The summed E-state index contributed by atoms with van der Waals surface area (Å²) in [5.74, 6) is -1.29. The normalized spacial score (nSPS) is 13.0. The Bertz CT molecular complexity index is 450. The summed E-state index contributed by atoms with van der Waals surface area (Å²) in [4.78, 5) is 11.1. The lowest BCUT2D eigenvalue weighted by Crippen LogP contribution is -2.22. The molecule has 0 bridgehead atoms. The van der Waals surface area contributed by atoms with Gasteiger partial charge in [-0.25, -0.2) is 0 Å². The first-order valence-electron chi connectivity index (χ1n) is 4.63. The molecule has 0 aliphatic carbocycles. The smallest absolute Gasteiger partial charge is 0.468 e. The van der Waals surface area contributed by atoms with Crippen LogP contribution in [0, 0.1) is 0 Å². The van der Waals surface area contributed by atoms with Crippen molar-refractivity contribution in [3.63, 3.8) is 0 Å². The van der Waals surface area contributed by atoms with Gasteiger partial charge in [-0.3, -0.25) is 4.79 Å². The minimum Gasteiger partial charge on any atom is -0.468 e. The van der Waals surface area contributed by atoms with E-state index in [1.165, 1.54) is 6.07 Å². The molecule has 0 aliphatic rings. The Labute approximate surface area is 105 Å². The highest BCUT2D eigenvalue weighted by Gasteiger charge is 2.32. The van der Waals surface area contributed by atoms with Gasteiger partial charge in [-0.1, -0.05) is 17.7 Å². The summed E-state index contributed by atoms with van der Waals surface area (Å²) in [6, 6.07) is 2.18. The number of esters is 1. The van der Waals surface area contributed by atoms with E-state index in [4.69, 9.17) is 17.3 Å². The number of rotatable bonds is 3. The maximum absolute atomic E-state index is 12.0. The van der Waals surface area contributed by atoms with Crippen molar-refractivity contribution in [3.05, 3.63) is 28.8 Å². The first kappa shape index (κ1) is 14.6. The molecule has 4 nitrogen and oxygen atoms in total. The fourth-order valence-corrected chi connectivity index (χ4v) is 1.41. The maximum Gasteiger partial charge on any atom is 0.573 e. The lowest BCUT2D eigenvalue weighted by atomic mass is 10.1. The van der Waals surface area contributed by atoms with Crippen LogP contribution in [0.2, 0.25) is 5.02 Å². The van der Waals surface area contributed by atoms with Crippen molar-refractivity contribution in [2.24, 2.45) is 5.73 Å². The molecule has 0 saturated heterocycles. The summed E-state index contributed by atoms with van der Waals surface area (Å²) in [6.45, 7) is 0. The standard InChI is InChI=1S/C10H9ClF3NO3/c1-17-9(16)8(15)5-2-3-7(6(11)4-5)18-10(12,13)14/h2-4,8H,15H2,1H3/t8-/m1/s1. The third-order valence-corrected chi connectivity index (χ3v) is 2.29. The molecule has 0 heterocycles. The Hall–Kier alpha value is -1.47. The van der Waals surface area contributed by atoms with Gasteiger partial charge in [0.2, 0.25) is 0 Å². The number of carbonyl (C=O) groups is 1. The molecule has 1 rings (SSSR count). The predicted octanol–water partition coefficient (Wildman–Crippen LogP) is 2.41. The summed E-state index contributed by atoms with van der Waals surface area (Å²) < 4.78 is 44.0. The highest BCUT2D eigenvalue weighted by Crippen LogP contribution is 2.31. The molecule has 2 N–H and O–H groups in total. The second-order valence-electron chi connectivity index (χ2n) is 3.24. The molecule has 18 heavy (non-hydrogen) atoms. The average Bonchev–Trinajstić information content (AvgIpc) is 2.28. The summed E-state index contributed by atoms with van der Waals surface area (Å²) in [7, 11) is 1.14. The van der Waals surface area contributed by atoms with Crippen molar-refractivity contribution in [2.45, 2.75) is 12.4 Å². The first-order valence-corrected chi connectivity index (χ1v) is 5.01. The fourth-order valence-electron chi connectivity index (χ4n) is 1.18. The third kappa shape index (κ3) is 3.78. The largest absolute Gasteiger partial charge is 0.573 e. The van der Waals surface area contributed by atoms with Gasteiger partial charge >= 0.3 is 12.3 Å². The highest BCUT2D eigenvalue weighted by molar-refractivity contribution is 6.32. The van der Waals surface area contributed by atoms with E-state index in [1.54, 1.807) is 0 Å². The molecule has 0 fully saturated rings. The van der Waals surface area contributed by atoms with Crippen molar-refractivity contribution in [1.82, 2.24) is 0 Å². The van der Waals surface area contributed by atoms with E-state index < -0.39 is 24.1 Å². The lowest BCUT2D eigenvalue weighted by molar-refractivity contribution is -0.274. The van der Waals surface area contributed by atoms with Gasteiger partial charge in [0.1, 0.15) is 11.8 Å². The second-order valence-corrected chi connectivity index (χ2v) is 3.65. The van der Waals surface area contributed by atoms with Crippen LogP contribution >= 0.6 is 11.6 Å².